The zero-order valence-electron chi connectivity index (χ0n) is 14.0. The standard InChI is InChI=1S/C19H18N4O2.ClH/c20-17-11-15(8-10-21-17)12-23-19(24)18-16(7-4-9-22-18)25-13-14-5-2-1-3-6-14;/h1-11H,12-13H2,(H2,20,21)(H,23,24);1H. The predicted molar refractivity (Wildman–Crippen MR) is 102 cm³/mol. The Morgan fingerprint density at radius 1 is 1.00 bits per heavy atom. The quantitative estimate of drug-likeness (QED) is 0.696. The van der Waals surface area contributed by atoms with Crippen molar-refractivity contribution in [2.24, 2.45) is 0 Å². The number of halogens is 1. The first-order chi connectivity index (χ1) is 12.2. The first kappa shape index (κ1) is 19.2. The summed E-state index contributed by atoms with van der Waals surface area (Å²) in [6.07, 6.45) is 3.17. The van der Waals surface area contributed by atoms with Gasteiger partial charge in [-0.3, -0.25) is 4.79 Å². The van der Waals surface area contributed by atoms with Crippen molar-refractivity contribution in [3.63, 3.8) is 0 Å². The second-order valence-corrected chi connectivity index (χ2v) is 5.40. The van der Waals surface area contributed by atoms with Gasteiger partial charge in [0.1, 0.15) is 12.4 Å². The number of benzene rings is 1. The fourth-order valence-electron chi connectivity index (χ4n) is 2.28. The lowest BCUT2D eigenvalue weighted by Crippen LogP contribution is -2.24. The summed E-state index contributed by atoms with van der Waals surface area (Å²) in [6.45, 7) is 0.702. The third-order valence-electron chi connectivity index (χ3n) is 3.52. The molecule has 0 spiro atoms. The summed E-state index contributed by atoms with van der Waals surface area (Å²) < 4.78 is 5.76. The van der Waals surface area contributed by atoms with Crippen LogP contribution >= 0.6 is 12.4 Å². The molecule has 0 fully saturated rings. The van der Waals surface area contributed by atoms with Crippen molar-refractivity contribution in [2.45, 2.75) is 13.2 Å². The SMILES string of the molecule is Cl.Nc1cc(CNC(=O)c2ncccc2OCc2ccccc2)ccn1. The van der Waals surface area contributed by atoms with Crippen LogP contribution in [0.4, 0.5) is 5.82 Å². The number of hydrogen-bond donors (Lipinski definition) is 2. The van der Waals surface area contributed by atoms with E-state index in [1.54, 1.807) is 36.7 Å². The number of pyridine rings is 2. The normalized spacial score (nSPS) is 9.85. The molecule has 3 N–H and O–H groups in total. The van der Waals surface area contributed by atoms with E-state index in [-0.39, 0.29) is 24.0 Å². The van der Waals surface area contributed by atoms with Gasteiger partial charge in [-0.15, -0.1) is 12.4 Å². The van der Waals surface area contributed by atoms with E-state index in [0.29, 0.717) is 24.7 Å². The van der Waals surface area contributed by atoms with Gasteiger partial charge in [-0.2, -0.15) is 0 Å². The number of aromatic nitrogens is 2. The fourth-order valence-corrected chi connectivity index (χ4v) is 2.28. The monoisotopic (exact) mass is 370 g/mol. The molecule has 1 amide bonds. The highest BCUT2D eigenvalue weighted by Crippen LogP contribution is 2.17. The van der Waals surface area contributed by atoms with Crippen molar-refractivity contribution in [3.8, 4) is 5.75 Å². The number of hydrogen-bond acceptors (Lipinski definition) is 5. The number of amides is 1. The van der Waals surface area contributed by atoms with E-state index < -0.39 is 0 Å². The first-order valence-corrected chi connectivity index (χ1v) is 7.83. The van der Waals surface area contributed by atoms with E-state index in [4.69, 9.17) is 10.5 Å². The zero-order valence-corrected chi connectivity index (χ0v) is 14.8. The molecule has 0 aliphatic heterocycles. The Kier molecular flexibility index (Phi) is 6.93. The maximum absolute atomic E-state index is 12.4. The lowest BCUT2D eigenvalue weighted by molar-refractivity contribution is 0.0941. The lowest BCUT2D eigenvalue weighted by Gasteiger charge is -2.11. The number of nitrogens with one attached hydrogen (secondary N) is 1. The molecule has 26 heavy (non-hydrogen) atoms. The number of carbonyl (C=O) groups is 1. The maximum Gasteiger partial charge on any atom is 0.274 e. The van der Waals surface area contributed by atoms with E-state index in [1.165, 1.54) is 0 Å². The molecule has 0 unspecified atom stereocenters. The van der Waals surface area contributed by atoms with Crippen molar-refractivity contribution in [2.75, 3.05) is 5.73 Å². The van der Waals surface area contributed by atoms with Crippen LogP contribution in [0.3, 0.4) is 0 Å². The van der Waals surface area contributed by atoms with Crippen LogP contribution in [0.15, 0.2) is 67.0 Å². The summed E-state index contributed by atoms with van der Waals surface area (Å²) in [5.41, 5.74) is 7.77. The summed E-state index contributed by atoms with van der Waals surface area (Å²) in [5.74, 6) is 0.550. The average Bonchev–Trinajstić information content (AvgIpc) is 2.65. The first-order valence-electron chi connectivity index (χ1n) is 7.83. The van der Waals surface area contributed by atoms with E-state index in [1.807, 2.05) is 30.3 Å². The highest BCUT2D eigenvalue weighted by atomic mass is 35.5. The Labute approximate surface area is 157 Å². The summed E-state index contributed by atoms with van der Waals surface area (Å²) in [7, 11) is 0. The highest BCUT2D eigenvalue weighted by molar-refractivity contribution is 5.94. The van der Waals surface area contributed by atoms with Gasteiger partial charge in [-0.05, 0) is 35.4 Å². The molecule has 7 heteroatoms. The second kappa shape index (κ2) is 9.39. The summed E-state index contributed by atoms with van der Waals surface area (Å²) in [5, 5.41) is 2.82. The molecule has 6 nitrogen and oxygen atoms in total. The van der Waals surface area contributed by atoms with Crippen molar-refractivity contribution < 1.29 is 9.53 Å². The number of ether oxygens (including phenoxy) is 1. The van der Waals surface area contributed by atoms with Crippen LogP contribution in [0.5, 0.6) is 5.75 Å². The number of nitrogen functional groups attached to an aromatic ring is 1. The smallest absolute Gasteiger partial charge is 0.274 e. The van der Waals surface area contributed by atoms with Crippen LogP contribution in [0, 0.1) is 0 Å². The van der Waals surface area contributed by atoms with E-state index in [0.717, 1.165) is 11.1 Å². The molecule has 3 rings (SSSR count). The number of carbonyl (C=O) groups excluding carboxylic acids is 1. The number of nitrogens with two attached hydrogens (primary N) is 1. The molecule has 0 bridgehead atoms. The molecule has 0 saturated heterocycles. The molecule has 0 aliphatic carbocycles. The summed E-state index contributed by atoms with van der Waals surface area (Å²) in [4.78, 5) is 20.5. The van der Waals surface area contributed by atoms with Gasteiger partial charge in [0.05, 0.1) is 0 Å². The number of rotatable bonds is 6. The third kappa shape index (κ3) is 5.19. The molecular formula is C19H19ClN4O2. The summed E-state index contributed by atoms with van der Waals surface area (Å²) in [6, 6.07) is 16.7. The molecular weight excluding hydrogens is 352 g/mol. The summed E-state index contributed by atoms with van der Waals surface area (Å²) >= 11 is 0. The lowest BCUT2D eigenvalue weighted by atomic mass is 10.2. The second-order valence-electron chi connectivity index (χ2n) is 5.40. The molecule has 134 valence electrons. The third-order valence-corrected chi connectivity index (χ3v) is 3.52. The van der Waals surface area contributed by atoms with Crippen LogP contribution in [-0.4, -0.2) is 15.9 Å². The van der Waals surface area contributed by atoms with Crippen molar-refractivity contribution in [1.29, 1.82) is 0 Å². The molecule has 1 aromatic carbocycles. The highest BCUT2D eigenvalue weighted by Gasteiger charge is 2.14. The van der Waals surface area contributed by atoms with Gasteiger partial charge >= 0.3 is 0 Å². The van der Waals surface area contributed by atoms with Crippen molar-refractivity contribution in [1.82, 2.24) is 15.3 Å². The molecule has 0 aliphatic rings. The predicted octanol–water partition coefficient (Wildman–Crippen LogP) is 2.99. The van der Waals surface area contributed by atoms with Gasteiger partial charge in [-0.1, -0.05) is 30.3 Å². The van der Waals surface area contributed by atoms with E-state index >= 15 is 0 Å². The van der Waals surface area contributed by atoms with Crippen LogP contribution in [0.2, 0.25) is 0 Å². The number of nitrogens with zero attached hydrogens (tertiary/aromatic N) is 2. The molecule has 0 radical (unpaired) electrons. The molecule has 3 aromatic rings. The topological polar surface area (TPSA) is 90.1 Å². The zero-order chi connectivity index (χ0) is 17.5. The Hall–Kier alpha value is -3.12. The van der Waals surface area contributed by atoms with Gasteiger partial charge < -0.3 is 15.8 Å². The minimum Gasteiger partial charge on any atom is -0.486 e. The Morgan fingerprint density at radius 2 is 1.81 bits per heavy atom. The molecule has 2 heterocycles. The Balaban J connectivity index is 0.00000243. The Morgan fingerprint density at radius 3 is 2.58 bits per heavy atom. The van der Waals surface area contributed by atoms with Gasteiger partial charge in [0.15, 0.2) is 11.4 Å². The minimum atomic E-state index is -0.306. The van der Waals surface area contributed by atoms with Gasteiger partial charge in [0.2, 0.25) is 0 Å². The molecule has 0 atom stereocenters. The molecule has 0 saturated carbocycles. The van der Waals surface area contributed by atoms with Crippen molar-refractivity contribution >= 4 is 24.1 Å². The largest absolute Gasteiger partial charge is 0.486 e. The van der Waals surface area contributed by atoms with Crippen LogP contribution in [-0.2, 0) is 13.2 Å². The van der Waals surface area contributed by atoms with Gasteiger partial charge in [0.25, 0.3) is 5.91 Å². The van der Waals surface area contributed by atoms with E-state index in [2.05, 4.69) is 15.3 Å². The van der Waals surface area contributed by atoms with Crippen LogP contribution in [0.1, 0.15) is 21.6 Å². The van der Waals surface area contributed by atoms with Crippen LogP contribution < -0.4 is 15.8 Å². The van der Waals surface area contributed by atoms with E-state index in [9.17, 15) is 4.79 Å². The fraction of sp³-hybridized carbons (Fsp3) is 0.105. The molecule has 2 aromatic heterocycles. The van der Waals surface area contributed by atoms with Gasteiger partial charge in [-0.25, -0.2) is 9.97 Å². The van der Waals surface area contributed by atoms with Crippen LogP contribution in [0.25, 0.3) is 0 Å². The van der Waals surface area contributed by atoms with Gasteiger partial charge in [0, 0.05) is 18.9 Å². The maximum atomic E-state index is 12.4. The number of anilines is 1. The van der Waals surface area contributed by atoms with Crippen molar-refractivity contribution in [3.05, 3.63) is 83.8 Å². The average molecular weight is 371 g/mol. The minimum absolute atomic E-state index is 0. The Bertz CT molecular complexity index is 859.